The Labute approximate surface area is 204 Å². The van der Waals surface area contributed by atoms with Crippen molar-refractivity contribution in [3.8, 4) is 0 Å². The van der Waals surface area contributed by atoms with E-state index in [2.05, 4.69) is 46.0 Å². The number of hydrogen-bond donors (Lipinski definition) is 0. The molecule has 0 N–H and O–H groups in total. The highest BCUT2D eigenvalue weighted by Gasteiger charge is 2.14. The topological polar surface area (TPSA) is 67.2 Å². The molecule has 178 valence electrons. The smallest absolute Gasteiger partial charge is 0.262 e. The van der Waals surface area contributed by atoms with E-state index < -0.39 is 0 Å². The van der Waals surface area contributed by atoms with Gasteiger partial charge in [-0.2, -0.15) is 0 Å². The molecule has 0 saturated heterocycles. The highest BCUT2D eigenvalue weighted by molar-refractivity contribution is 7.16. The van der Waals surface area contributed by atoms with E-state index in [9.17, 15) is 4.79 Å². The summed E-state index contributed by atoms with van der Waals surface area (Å²) in [6.07, 6.45) is 5.49. The number of aryl methyl sites for hydroxylation is 2. The van der Waals surface area contributed by atoms with E-state index in [1.54, 1.807) is 0 Å². The van der Waals surface area contributed by atoms with E-state index in [0.29, 0.717) is 11.9 Å². The average molecular weight is 477 g/mol. The Kier molecular flexibility index (Phi) is 8.16. The van der Waals surface area contributed by atoms with Crippen LogP contribution in [0.15, 0.2) is 59.0 Å². The standard InChI is InChI=1S/C26H32N6OS/c1-20-27-16-22(17-28-20)18-31(14-13-30(2)3)12-7-10-24-29-25-23(11-15-34-25)26(33)32(24)19-21-8-5-4-6-9-21/h4-6,8-9,11,15-17H,7,10,12-14,18-19H2,1-3H3. The third kappa shape index (κ3) is 6.34. The van der Waals surface area contributed by atoms with E-state index in [4.69, 9.17) is 4.98 Å². The third-order valence-electron chi connectivity index (χ3n) is 5.82. The van der Waals surface area contributed by atoms with E-state index >= 15 is 0 Å². The van der Waals surface area contributed by atoms with Crippen LogP contribution < -0.4 is 5.56 Å². The summed E-state index contributed by atoms with van der Waals surface area (Å²) in [5.41, 5.74) is 2.27. The lowest BCUT2D eigenvalue weighted by atomic mass is 10.2. The summed E-state index contributed by atoms with van der Waals surface area (Å²) >= 11 is 1.53. The van der Waals surface area contributed by atoms with Crippen molar-refractivity contribution in [3.63, 3.8) is 0 Å². The zero-order valence-electron chi connectivity index (χ0n) is 20.1. The van der Waals surface area contributed by atoms with Gasteiger partial charge in [0.2, 0.25) is 0 Å². The van der Waals surface area contributed by atoms with Crippen LogP contribution in [0.5, 0.6) is 0 Å². The van der Waals surface area contributed by atoms with Crippen LogP contribution in [0, 0.1) is 6.92 Å². The lowest BCUT2D eigenvalue weighted by Crippen LogP contribution is -2.33. The van der Waals surface area contributed by atoms with Crippen LogP contribution in [0.4, 0.5) is 0 Å². The Balaban J connectivity index is 1.50. The zero-order valence-corrected chi connectivity index (χ0v) is 21.0. The molecule has 0 bridgehead atoms. The number of thiophene rings is 1. The van der Waals surface area contributed by atoms with Gasteiger partial charge in [0.15, 0.2) is 0 Å². The average Bonchev–Trinajstić information content (AvgIpc) is 3.30. The minimum absolute atomic E-state index is 0.0476. The molecule has 0 amide bonds. The number of hydrogen-bond acceptors (Lipinski definition) is 7. The minimum atomic E-state index is 0.0476. The summed E-state index contributed by atoms with van der Waals surface area (Å²) in [7, 11) is 4.19. The Morgan fingerprint density at radius 2 is 1.74 bits per heavy atom. The van der Waals surface area contributed by atoms with Crippen LogP contribution in [-0.2, 0) is 19.5 Å². The summed E-state index contributed by atoms with van der Waals surface area (Å²) in [4.78, 5) is 32.3. The maximum absolute atomic E-state index is 13.3. The molecule has 3 aromatic heterocycles. The van der Waals surface area contributed by atoms with Crippen molar-refractivity contribution in [1.82, 2.24) is 29.3 Å². The van der Waals surface area contributed by atoms with Crippen LogP contribution in [-0.4, -0.2) is 63.0 Å². The quantitative estimate of drug-likeness (QED) is 0.330. The van der Waals surface area contributed by atoms with Crippen molar-refractivity contribution < 1.29 is 0 Å². The summed E-state index contributed by atoms with van der Waals surface area (Å²) in [5, 5.41) is 2.65. The van der Waals surface area contributed by atoms with Gasteiger partial charge in [0, 0.05) is 44.0 Å². The van der Waals surface area contributed by atoms with E-state index in [1.807, 2.05) is 53.5 Å². The molecule has 0 spiro atoms. The largest absolute Gasteiger partial charge is 0.308 e. The number of aromatic nitrogens is 4. The fourth-order valence-electron chi connectivity index (χ4n) is 3.94. The lowest BCUT2D eigenvalue weighted by Gasteiger charge is -2.24. The molecule has 34 heavy (non-hydrogen) atoms. The lowest BCUT2D eigenvalue weighted by molar-refractivity contribution is 0.230. The first-order chi connectivity index (χ1) is 16.5. The molecule has 0 radical (unpaired) electrons. The van der Waals surface area contributed by atoms with Gasteiger partial charge in [-0.3, -0.25) is 14.3 Å². The highest BCUT2D eigenvalue weighted by atomic mass is 32.1. The van der Waals surface area contributed by atoms with Gasteiger partial charge in [0.1, 0.15) is 16.5 Å². The molecule has 0 saturated carbocycles. The minimum Gasteiger partial charge on any atom is -0.308 e. The van der Waals surface area contributed by atoms with Crippen molar-refractivity contribution in [2.75, 3.05) is 33.7 Å². The second-order valence-corrected chi connectivity index (χ2v) is 9.76. The fourth-order valence-corrected chi connectivity index (χ4v) is 4.72. The molecule has 4 aromatic rings. The molecule has 0 atom stereocenters. The molecule has 7 nitrogen and oxygen atoms in total. The van der Waals surface area contributed by atoms with Gasteiger partial charge in [-0.15, -0.1) is 11.3 Å². The van der Waals surface area contributed by atoms with Crippen LogP contribution in [0.2, 0.25) is 0 Å². The number of rotatable bonds is 11. The van der Waals surface area contributed by atoms with Crippen LogP contribution in [0.3, 0.4) is 0 Å². The predicted octanol–water partition coefficient (Wildman–Crippen LogP) is 3.60. The summed E-state index contributed by atoms with van der Waals surface area (Å²) in [6.45, 7) is 6.09. The van der Waals surface area contributed by atoms with Crippen LogP contribution in [0.1, 0.15) is 29.2 Å². The molecule has 0 fully saturated rings. The molecule has 4 rings (SSSR count). The molecule has 0 unspecified atom stereocenters. The van der Waals surface area contributed by atoms with Crippen molar-refractivity contribution in [1.29, 1.82) is 0 Å². The molecule has 0 aliphatic carbocycles. The van der Waals surface area contributed by atoms with Gasteiger partial charge in [-0.05, 0) is 51.0 Å². The number of nitrogens with zero attached hydrogens (tertiary/aromatic N) is 6. The maximum atomic E-state index is 13.3. The van der Waals surface area contributed by atoms with Gasteiger partial charge in [-0.25, -0.2) is 15.0 Å². The molecular formula is C26H32N6OS. The molecular weight excluding hydrogens is 444 g/mol. The molecule has 8 heteroatoms. The number of benzene rings is 1. The summed E-state index contributed by atoms with van der Waals surface area (Å²) < 4.78 is 1.85. The van der Waals surface area contributed by atoms with E-state index in [-0.39, 0.29) is 5.56 Å². The fraction of sp³-hybridized carbons (Fsp3) is 0.385. The zero-order chi connectivity index (χ0) is 23.9. The molecule has 0 aliphatic heterocycles. The van der Waals surface area contributed by atoms with Gasteiger partial charge in [0.25, 0.3) is 5.56 Å². The first-order valence-electron chi connectivity index (χ1n) is 11.6. The second-order valence-electron chi connectivity index (χ2n) is 8.87. The third-order valence-corrected chi connectivity index (χ3v) is 6.63. The Morgan fingerprint density at radius 3 is 2.47 bits per heavy atom. The first kappa shape index (κ1) is 24.2. The SMILES string of the molecule is Cc1ncc(CN(CCCc2nc3sccc3c(=O)n2Cc2ccccc2)CCN(C)C)cn1. The van der Waals surface area contributed by atoms with Crippen LogP contribution in [0.25, 0.3) is 10.2 Å². The van der Waals surface area contributed by atoms with Crippen molar-refractivity contribution >= 4 is 21.6 Å². The second kappa shape index (κ2) is 11.5. The van der Waals surface area contributed by atoms with E-state index in [0.717, 1.165) is 66.6 Å². The monoisotopic (exact) mass is 476 g/mol. The molecule has 1 aromatic carbocycles. The summed E-state index contributed by atoms with van der Waals surface area (Å²) in [5.74, 6) is 1.64. The predicted molar refractivity (Wildman–Crippen MR) is 138 cm³/mol. The Hall–Kier alpha value is -2.94. The van der Waals surface area contributed by atoms with Crippen molar-refractivity contribution in [3.05, 3.63) is 87.3 Å². The Bertz CT molecular complexity index is 1250. The number of fused-ring (bicyclic) bond motifs is 1. The number of likely N-dealkylation sites (N-methyl/N-ethyl adjacent to an activating group) is 1. The molecule has 3 heterocycles. The first-order valence-corrected chi connectivity index (χ1v) is 12.5. The van der Waals surface area contributed by atoms with Gasteiger partial charge >= 0.3 is 0 Å². The van der Waals surface area contributed by atoms with E-state index in [1.165, 1.54) is 11.3 Å². The molecule has 0 aliphatic rings. The maximum Gasteiger partial charge on any atom is 0.262 e. The van der Waals surface area contributed by atoms with Gasteiger partial charge in [0.05, 0.1) is 11.9 Å². The van der Waals surface area contributed by atoms with Gasteiger partial charge < -0.3 is 4.90 Å². The summed E-state index contributed by atoms with van der Waals surface area (Å²) in [6, 6.07) is 12.0. The normalized spacial score (nSPS) is 11.7. The van der Waals surface area contributed by atoms with Crippen molar-refractivity contribution in [2.24, 2.45) is 0 Å². The highest BCUT2D eigenvalue weighted by Crippen LogP contribution is 2.17. The Morgan fingerprint density at radius 1 is 0.971 bits per heavy atom. The van der Waals surface area contributed by atoms with Gasteiger partial charge in [-0.1, -0.05) is 30.3 Å². The van der Waals surface area contributed by atoms with Crippen molar-refractivity contribution in [2.45, 2.75) is 32.9 Å². The van der Waals surface area contributed by atoms with Crippen LogP contribution >= 0.6 is 11.3 Å².